The second-order valence-corrected chi connectivity index (χ2v) is 4.04. The van der Waals surface area contributed by atoms with Crippen LogP contribution in [0.4, 0.5) is 0 Å². The van der Waals surface area contributed by atoms with Gasteiger partial charge < -0.3 is 9.47 Å². The standard InChI is InChI=1S/C14H16O2/c1-3-12-7-8-13(10-11(12)2)16-14-6-4-5-9-15-14/h1,7-8,10,14H,4-6,9H2,2H3. The van der Waals surface area contributed by atoms with Gasteiger partial charge in [-0.1, -0.05) is 5.92 Å². The van der Waals surface area contributed by atoms with Crippen LogP contribution in [0.2, 0.25) is 0 Å². The molecule has 1 aromatic rings. The molecule has 0 spiro atoms. The van der Waals surface area contributed by atoms with Crippen LogP contribution < -0.4 is 4.74 Å². The summed E-state index contributed by atoms with van der Waals surface area (Å²) in [6, 6.07) is 5.78. The Hall–Kier alpha value is -1.46. The van der Waals surface area contributed by atoms with E-state index in [-0.39, 0.29) is 6.29 Å². The van der Waals surface area contributed by atoms with Crippen molar-refractivity contribution in [2.75, 3.05) is 6.61 Å². The molecule has 0 aliphatic carbocycles. The molecule has 1 aliphatic rings. The van der Waals surface area contributed by atoms with Gasteiger partial charge in [-0.3, -0.25) is 0 Å². The molecule has 1 saturated heterocycles. The number of rotatable bonds is 2. The highest BCUT2D eigenvalue weighted by Gasteiger charge is 2.15. The van der Waals surface area contributed by atoms with E-state index in [2.05, 4.69) is 5.92 Å². The maximum atomic E-state index is 5.74. The fraction of sp³-hybridized carbons (Fsp3) is 0.429. The molecule has 2 nitrogen and oxygen atoms in total. The van der Waals surface area contributed by atoms with Gasteiger partial charge in [0.25, 0.3) is 0 Å². The van der Waals surface area contributed by atoms with Crippen molar-refractivity contribution < 1.29 is 9.47 Å². The van der Waals surface area contributed by atoms with Gasteiger partial charge in [-0.05, 0) is 43.5 Å². The van der Waals surface area contributed by atoms with Gasteiger partial charge in [0.1, 0.15) is 5.75 Å². The van der Waals surface area contributed by atoms with Crippen molar-refractivity contribution in [2.45, 2.75) is 32.5 Å². The summed E-state index contributed by atoms with van der Waals surface area (Å²) in [5, 5.41) is 0. The highest BCUT2D eigenvalue weighted by atomic mass is 16.7. The second-order valence-electron chi connectivity index (χ2n) is 4.04. The van der Waals surface area contributed by atoms with Gasteiger partial charge in [-0.2, -0.15) is 0 Å². The van der Waals surface area contributed by atoms with E-state index in [0.29, 0.717) is 0 Å². The van der Waals surface area contributed by atoms with Crippen molar-refractivity contribution in [2.24, 2.45) is 0 Å². The second kappa shape index (κ2) is 5.05. The molecule has 1 aliphatic heterocycles. The number of hydrogen-bond donors (Lipinski definition) is 0. The van der Waals surface area contributed by atoms with Crippen molar-refractivity contribution >= 4 is 0 Å². The summed E-state index contributed by atoms with van der Waals surface area (Å²) in [5.74, 6) is 3.48. The predicted molar refractivity (Wildman–Crippen MR) is 63.3 cm³/mol. The molecule has 16 heavy (non-hydrogen) atoms. The zero-order valence-electron chi connectivity index (χ0n) is 9.53. The Morgan fingerprint density at radius 1 is 1.44 bits per heavy atom. The summed E-state index contributed by atoms with van der Waals surface area (Å²) in [6.45, 7) is 2.79. The minimum Gasteiger partial charge on any atom is -0.465 e. The third kappa shape index (κ3) is 2.56. The van der Waals surface area contributed by atoms with Crippen molar-refractivity contribution in [3.63, 3.8) is 0 Å². The zero-order chi connectivity index (χ0) is 11.4. The normalized spacial score (nSPS) is 20.1. The van der Waals surface area contributed by atoms with Gasteiger partial charge >= 0.3 is 0 Å². The Morgan fingerprint density at radius 2 is 2.31 bits per heavy atom. The number of aryl methyl sites for hydroxylation is 1. The van der Waals surface area contributed by atoms with Gasteiger partial charge in [0, 0.05) is 12.0 Å². The van der Waals surface area contributed by atoms with Crippen LogP contribution in [0.25, 0.3) is 0 Å². The molecule has 0 radical (unpaired) electrons. The fourth-order valence-electron chi connectivity index (χ4n) is 1.83. The Labute approximate surface area is 96.6 Å². The van der Waals surface area contributed by atoms with Crippen LogP contribution in [0.1, 0.15) is 30.4 Å². The van der Waals surface area contributed by atoms with Gasteiger partial charge in [0.2, 0.25) is 0 Å². The first kappa shape index (κ1) is 11.0. The summed E-state index contributed by atoms with van der Waals surface area (Å²) in [4.78, 5) is 0. The highest BCUT2D eigenvalue weighted by Crippen LogP contribution is 2.21. The van der Waals surface area contributed by atoms with Crippen molar-refractivity contribution in [1.82, 2.24) is 0 Å². The molecule has 1 aromatic carbocycles. The minimum absolute atomic E-state index is 0.0927. The maximum Gasteiger partial charge on any atom is 0.199 e. The van der Waals surface area contributed by atoms with Crippen molar-refractivity contribution in [1.29, 1.82) is 0 Å². The topological polar surface area (TPSA) is 18.5 Å². The summed E-state index contributed by atoms with van der Waals surface area (Å²) in [5.41, 5.74) is 1.98. The van der Waals surface area contributed by atoms with E-state index in [0.717, 1.165) is 36.3 Å². The van der Waals surface area contributed by atoms with E-state index >= 15 is 0 Å². The van der Waals surface area contributed by atoms with Crippen LogP contribution in [-0.4, -0.2) is 12.9 Å². The Bertz CT molecular complexity index is 398. The molecule has 1 unspecified atom stereocenters. The average Bonchev–Trinajstić information content (AvgIpc) is 2.31. The van der Waals surface area contributed by atoms with Crippen LogP contribution in [0.5, 0.6) is 5.75 Å². The lowest BCUT2D eigenvalue weighted by molar-refractivity contribution is -0.105. The quantitative estimate of drug-likeness (QED) is 0.708. The maximum absolute atomic E-state index is 5.74. The average molecular weight is 216 g/mol. The number of terminal acetylenes is 1. The molecule has 84 valence electrons. The predicted octanol–water partition coefficient (Wildman–Crippen LogP) is 2.88. The molecular weight excluding hydrogens is 200 g/mol. The van der Waals surface area contributed by atoms with Gasteiger partial charge in [-0.15, -0.1) is 6.42 Å². The number of benzene rings is 1. The first-order valence-corrected chi connectivity index (χ1v) is 5.65. The number of hydrogen-bond acceptors (Lipinski definition) is 2. The molecule has 0 aromatic heterocycles. The van der Waals surface area contributed by atoms with E-state index in [4.69, 9.17) is 15.9 Å². The van der Waals surface area contributed by atoms with Crippen LogP contribution in [0.15, 0.2) is 18.2 Å². The van der Waals surface area contributed by atoms with Crippen LogP contribution in [0.3, 0.4) is 0 Å². The highest BCUT2D eigenvalue weighted by molar-refractivity contribution is 5.43. The molecule has 1 fully saturated rings. The molecule has 1 atom stereocenters. The molecule has 0 amide bonds. The van der Waals surface area contributed by atoms with E-state index in [1.54, 1.807) is 0 Å². The fourth-order valence-corrected chi connectivity index (χ4v) is 1.83. The van der Waals surface area contributed by atoms with Crippen LogP contribution in [-0.2, 0) is 4.74 Å². The van der Waals surface area contributed by atoms with Crippen molar-refractivity contribution in [3.8, 4) is 18.1 Å². The zero-order valence-corrected chi connectivity index (χ0v) is 9.53. The lowest BCUT2D eigenvalue weighted by atomic mass is 10.1. The molecule has 0 saturated carbocycles. The van der Waals surface area contributed by atoms with Crippen LogP contribution >= 0.6 is 0 Å². The smallest absolute Gasteiger partial charge is 0.199 e. The van der Waals surface area contributed by atoms with Crippen molar-refractivity contribution in [3.05, 3.63) is 29.3 Å². The van der Waals surface area contributed by atoms with E-state index in [9.17, 15) is 0 Å². The summed E-state index contributed by atoms with van der Waals surface area (Å²) in [6.07, 6.45) is 8.55. The van der Waals surface area contributed by atoms with E-state index < -0.39 is 0 Å². The molecule has 1 heterocycles. The Balaban J connectivity index is 2.04. The summed E-state index contributed by atoms with van der Waals surface area (Å²) in [7, 11) is 0. The lowest BCUT2D eigenvalue weighted by Crippen LogP contribution is -2.24. The molecule has 0 bridgehead atoms. The van der Waals surface area contributed by atoms with Crippen LogP contribution in [0, 0.1) is 19.3 Å². The Morgan fingerprint density at radius 3 is 2.94 bits per heavy atom. The summed E-state index contributed by atoms with van der Waals surface area (Å²) < 4.78 is 11.3. The Kier molecular flexibility index (Phi) is 3.48. The first-order valence-electron chi connectivity index (χ1n) is 5.65. The lowest BCUT2D eigenvalue weighted by Gasteiger charge is -2.23. The minimum atomic E-state index is -0.0927. The molecule has 2 rings (SSSR count). The van der Waals surface area contributed by atoms with Gasteiger partial charge in [0.15, 0.2) is 6.29 Å². The number of ether oxygens (including phenoxy) is 2. The third-order valence-electron chi connectivity index (χ3n) is 2.76. The van der Waals surface area contributed by atoms with Gasteiger partial charge in [-0.25, -0.2) is 0 Å². The SMILES string of the molecule is C#Cc1ccc(OC2CCCCO2)cc1C. The third-order valence-corrected chi connectivity index (χ3v) is 2.76. The van der Waals surface area contributed by atoms with E-state index in [1.165, 1.54) is 6.42 Å². The molecular formula is C14H16O2. The van der Waals surface area contributed by atoms with E-state index in [1.807, 2.05) is 25.1 Å². The summed E-state index contributed by atoms with van der Waals surface area (Å²) >= 11 is 0. The molecule has 2 heteroatoms. The molecule has 0 N–H and O–H groups in total. The monoisotopic (exact) mass is 216 g/mol. The van der Waals surface area contributed by atoms with Gasteiger partial charge in [0.05, 0.1) is 6.61 Å². The first-order chi connectivity index (χ1) is 7.79. The largest absolute Gasteiger partial charge is 0.465 e.